The summed E-state index contributed by atoms with van der Waals surface area (Å²) in [4.78, 5) is 28.3. The van der Waals surface area contributed by atoms with E-state index in [1.807, 2.05) is 6.92 Å². The summed E-state index contributed by atoms with van der Waals surface area (Å²) in [5, 5.41) is 166. The minimum atomic E-state index is -2.09. The third-order valence-electron chi connectivity index (χ3n) is 22.8. The predicted molar refractivity (Wildman–Crippen MR) is 290 cm³/mol. The summed E-state index contributed by atoms with van der Waals surface area (Å²) in [5.74, 6) is -2.84. The van der Waals surface area contributed by atoms with E-state index in [1.165, 1.54) is 6.92 Å². The number of fused-ring (bicyclic) bond motifs is 7. The molecule has 5 aliphatic heterocycles. The lowest BCUT2D eigenvalue weighted by Crippen LogP contribution is -2.70. The van der Waals surface area contributed by atoms with Gasteiger partial charge in [0.15, 0.2) is 37.4 Å². The first-order valence-electron chi connectivity index (χ1n) is 30.6. The van der Waals surface area contributed by atoms with Crippen LogP contribution >= 0.6 is 0 Å². The molecule has 0 aromatic rings. The molecule has 0 aromatic carbocycles. The van der Waals surface area contributed by atoms with Gasteiger partial charge in [-0.15, -0.1) is 0 Å². The SMILES string of the molecule is CC(=O)O[C@H]1[C@H](O[C@H]2[C@H](OC(=O)[C@]34CCC(C)(C)C[C@@H]3C3=CC[C@@H]5[C@@]6(C)C[C@H](O)[C@H](O[C@@H]7O[C@H](CO)[C@@H](O)[C@H](O)[C@H]7O)[C@@](C)(CO)[C@H]6CC[C@@]5(C)[C@]3(C)C[C@H]4O)OC[C@H](O)[C@@H]2O)O[C@@H](C)[C@H](O[C@@H]2OC[C@@H](O)[C@H](O[C@@H]3OC[C@](O)(CO)[C@H]3O)[C@H]2O)[C@H]1O. The van der Waals surface area contributed by atoms with Crippen molar-refractivity contribution in [2.24, 2.45) is 50.2 Å². The van der Waals surface area contributed by atoms with Crippen molar-refractivity contribution in [1.29, 1.82) is 0 Å². The van der Waals surface area contributed by atoms with Gasteiger partial charge in [-0.1, -0.05) is 53.2 Å². The van der Waals surface area contributed by atoms with Crippen LogP contribution in [0.15, 0.2) is 11.6 Å². The highest BCUT2D eigenvalue weighted by atomic mass is 16.8. The van der Waals surface area contributed by atoms with Gasteiger partial charge in [0.05, 0.1) is 64.1 Å². The summed E-state index contributed by atoms with van der Waals surface area (Å²) in [6.45, 7) is 11.3. The van der Waals surface area contributed by atoms with Crippen LogP contribution in [0.1, 0.15) is 107 Å². The van der Waals surface area contributed by atoms with Crippen LogP contribution in [0, 0.1) is 50.2 Å². The normalized spacial score (nSPS) is 54.0. The van der Waals surface area contributed by atoms with Crippen molar-refractivity contribution in [3.63, 3.8) is 0 Å². The smallest absolute Gasteiger partial charge is 0.317 e. The molecule has 28 heteroatoms. The number of aliphatic hydroxyl groups is 15. The first-order chi connectivity index (χ1) is 40.7. The Labute approximate surface area is 504 Å². The molecule has 0 spiro atoms. The highest BCUT2D eigenvalue weighted by Gasteiger charge is 2.73. The Kier molecular flexibility index (Phi) is 19.1. The Morgan fingerprint density at radius 3 is 1.93 bits per heavy atom. The Balaban J connectivity index is 0.880. The summed E-state index contributed by atoms with van der Waals surface area (Å²) in [6.07, 6.45) is -31.6. The van der Waals surface area contributed by atoms with Crippen molar-refractivity contribution in [3.8, 4) is 0 Å². The van der Waals surface area contributed by atoms with Crippen LogP contribution in [0.25, 0.3) is 0 Å². The highest BCUT2D eigenvalue weighted by Crippen LogP contribution is 2.76. The topological polar surface area (TPSA) is 439 Å². The molecule has 4 saturated carbocycles. The first-order valence-corrected chi connectivity index (χ1v) is 30.6. The second-order valence-electron chi connectivity index (χ2n) is 28.6. The molecule has 10 rings (SSSR count). The molecule has 498 valence electrons. The lowest BCUT2D eigenvalue weighted by Gasteiger charge is -2.72. The van der Waals surface area contributed by atoms with Gasteiger partial charge in [0.1, 0.15) is 84.3 Å². The van der Waals surface area contributed by atoms with E-state index in [-0.39, 0.29) is 36.5 Å². The molecule has 0 radical (unpaired) electrons. The molecule has 15 N–H and O–H groups in total. The van der Waals surface area contributed by atoms with Gasteiger partial charge in [0.2, 0.25) is 6.29 Å². The third kappa shape index (κ3) is 11.2. The van der Waals surface area contributed by atoms with E-state index in [0.29, 0.717) is 32.1 Å². The highest BCUT2D eigenvalue weighted by molar-refractivity contribution is 5.80. The van der Waals surface area contributed by atoms with E-state index in [0.717, 1.165) is 12.5 Å². The summed E-state index contributed by atoms with van der Waals surface area (Å²) in [6, 6.07) is 0. The summed E-state index contributed by atoms with van der Waals surface area (Å²) >= 11 is 0. The molecule has 0 amide bonds. The Bertz CT molecular complexity index is 2490. The fraction of sp³-hybridized carbons (Fsp3) is 0.932. The molecule has 28 nitrogen and oxygen atoms in total. The maximum absolute atomic E-state index is 15.6. The minimum absolute atomic E-state index is 0.108. The summed E-state index contributed by atoms with van der Waals surface area (Å²) in [7, 11) is 0. The maximum Gasteiger partial charge on any atom is 0.317 e. The van der Waals surface area contributed by atoms with Crippen molar-refractivity contribution >= 4 is 11.9 Å². The van der Waals surface area contributed by atoms with Crippen LogP contribution in [0.3, 0.4) is 0 Å². The van der Waals surface area contributed by atoms with Crippen molar-refractivity contribution in [2.75, 3.05) is 39.6 Å². The fourth-order valence-electron chi connectivity index (χ4n) is 17.7. The van der Waals surface area contributed by atoms with E-state index in [2.05, 4.69) is 40.7 Å². The lowest BCUT2D eigenvalue weighted by atomic mass is 9.33. The number of ether oxygens (including phenoxy) is 11. The van der Waals surface area contributed by atoms with E-state index in [9.17, 15) is 81.4 Å². The van der Waals surface area contributed by atoms with Gasteiger partial charge in [0, 0.05) is 12.3 Å². The standard InChI is InChI=1S/C59H94O28/c1-24-41(83-47-40(73)42(30(66)20-77-47)84-51-45(74)58(76,22-62)23-79-51)39(72)44(81-25(2)63)50(80-24)85-43-35(68)29(65)19-78-49(43)87-52(75)59-14-13-53(3,4)15-27(59)26-9-10-33-54(5)16-28(64)46(86-48-38(71)37(70)36(69)31(18-60)82-48)55(6,21-61)32(54)11-12-56(33,7)57(26,8)17-34(59)67/h9,24,27-51,60-62,64-74,76H,10-23H2,1-8H3/t24-,27+,28-,29-,30+,31+,32-,33+,34+,35-,36+,37-,38+,39+,40+,41-,42-,43+,44+,45-,46-,47-,48-,49-,50-,51-,54-,55-,56+,57+,58+,59+/m0/s1. The molecule has 5 saturated heterocycles. The lowest BCUT2D eigenvalue weighted by molar-refractivity contribution is -0.372. The van der Waals surface area contributed by atoms with Gasteiger partial charge < -0.3 is 129 Å². The van der Waals surface area contributed by atoms with Gasteiger partial charge in [-0.3, -0.25) is 9.59 Å². The van der Waals surface area contributed by atoms with Crippen LogP contribution in [-0.4, -0.2) is 275 Å². The number of carbonyl (C=O) groups excluding carboxylic acids is 2. The zero-order chi connectivity index (χ0) is 63.6. The average molecular weight is 1250 g/mol. The number of rotatable bonds is 14. The molecule has 9 fully saturated rings. The number of aliphatic hydroxyl groups excluding tert-OH is 14. The third-order valence-corrected chi connectivity index (χ3v) is 22.8. The Hall–Kier alpha value is -2.28. The van der Waals surface area contributed by atoms with E-state index in [4.69, 9.17) is 52.1 Å². The van der Waals surface area contributed by atoms with E-state index >= 15 is 4.79 Å². The number of carbonyl (C=O) groups is 2. The zero-order valence-electron chi connectivity index (χ0n) is 50.5. The van der Waals surface area contributed by atoms with Crippen molar-refractivity contribution in [2.45, 2.75) is 254 Å². The van der Waals surface area contributed by atoms with Crippen molar-refractivity contribution < 1.29 is 138 Å². The monoisotopic (exact) mass is 1250 g/mol. The molecule has 5 aliphatic carbocycles. The number of allylic oxidation sites excluding steroid dienone is 2. The molecular formula is C59H94O28. The van der Waals surface area contributed by atoms with Crippen LogP contribution in [-0.2, 0) is 61.7 Å². The van der Waals surface area contributed by atoms with Gasteiger partial charge in [-0.25, -0.2) is 0 Å². The minimum Gasteiger partial charge on any atom is -0.454 e. The Morgan fingerprint density at radius 2 is 1.28 bits per heavy atom. The second kappa shape index (κ2) is 24.6. The van der Waals surface area contributed by atoms with Crippen LogP contribution in [0.2, 0.25) is 0 Å². The maximum atomic E-state index is 15.6. The molecule has 0 unspecified atom stereocenters. The average Bonchev–Trinajstić information content (AvgIpc) is 0.950. The fourth-order valence-corrected chi connectivity index (χ4v) is 17.7. The zero-order valence-corrected chi connectivity index (χ0v) is 50.5. The molecule has 0 aromatic heterocycles. The molecule has 0 bridgehead atoms. The second-order valence-corrected chi connectivity index (χ2v) is 28.6. The van der Waals surface area contributed by atoms with Gasteiger partial charge in [-0.05, 0) is 97.7 Å². The van der Waals surface area contributed by atoms with Crippen LogP contribution in [0.5, 0.6) is 0 Å². The molecule has 5 heterocycles. The van der Waals surface area contributed by atoms with E-state index in [1.54, 1.807) is 0 Å². The van der Waals surface area contributed by atoms with Gasteiger partial charge in [-0.2, -0.15) is 0 Å². The number of hydrogen-bond acceptors (Lipinski definition) is 28. The number of esters is 2. The van der Waals surface area contributed by atoms with Crippen LogP contribution < -0.4 is 0 Å². The quantitative estimate of drug-likeness (QED) is 0.0451. The van der Waals surface area contributed by atoms with Gasteiger partial charge >= 0.3 is 11.9 Å². The largest absolute Gasteiger partial charge is 0.454 e. The van der Waals surface area contributed by atoms with Gasteiger partial charge in [0.25, 0.3) is 0 Å². The predicted octanol–water partition coefficient (Wildman–Crippen LogP) is -3.78. The molecular weight excluding hydrogens is 1160 g/mol. The summed E-state index contributed by atoms with van der Waals surface area (Å²) < 4.78 is 64.9. The molecule has 87 heavy (non-hydrogen) atoms. The number of hydrogen-bond donors (Lipinski definition) is 15. The van der Waals surface area contributed by atoms with Crippen LogP contribution in [0.4, 0.5) is 0 Å². The summed E-state index contributed by atoms with van der Waals surface area (Å²) in [5.41, 5.74) is -6.18. The van der Waals surface area contributed by atoms with Crippen molar-refractivity contribution in [3.05, 3.63) is 11.6 Å². The first kappa shape index (κ1) is 67.6. The molecule has 10 aliphatic rings. The molecule has 32 atom stereocenters. The van der Waals surface area contributed by atoms with E-state index < -0.39 is 231 Å². The Morgan fingerprint density at radius 1 is 0.609 bits per heavy atom. The van der Waals surface area contributed by atoms with Crippen molar-refractivity contribution in [1.82, 2.24) is 0 Å².